The summed E-state index contributed by atoms with van der Waals surface area (Å²) in [6.45, 7) is 5.00. The number of amides is 1. The number of carbonyl (C=O) groups excluding carboxylic acids is 1. The molecule has 0 unspecified atom stereocenters. The molecule has 0 saturated heterocycles. The van der Waals surface area contributed by atoms with E-state index >= 15 is 0 Å². The van der Waals surface area contributed by atoms with Crippen LogP contribution in [0.15, 0.2) is 45.4 Å². The molecule has 1 aliphatic rings. The van der Waals surface area contributed by atoms with E-state index in [1.165, 1.54) is 12.1 Å². The van der Waals surface area contributed by atoms with E-state index in [1.54, 1.807) is 17.0 Å². The fourth-order valence-corrected chi connectivity index (χ4v) is 3.90. The van der Waals surface area contributed by atoms with Gasteiger partial charge < -0.3 is 13.9 Å². The number of hydrogen-bond donors (Lipinski definition) is 0. The summed E-state index contributed by atoms with van der Waals surface area (Å²) < 4.78 is 24.1. The second-order valence-electron chi connectivity index (χ2n) is 7.75. The highest BCUT2D eigenvalue weighted by Gasteiger charge is 2.28. The topological polar surface area (TPSA) is 72.4 Å². The first kappa shape index (κ1) is 18.5. The number of halogens is 1. The molecular weight excluding hydrogens is 385 g/mol. The van der Waals surface area contributed by atoms with E-state index in [-0.39, 0.29) is 18.1 Å². The molecule has 0 N–H and O–H groups in total. The Morgan fingerprint density at radius 1 is 1.10 bits per heavy atom. The monoisotopic (exact) mass is 405 g/mol. The van der Waals surface area contributed by atoms with E-state index in [2.05, 4.69) is 10.3 Å². The highest BCUT2D eigenvalue weighted by atomic mass is 19.1. The summed E-state index contributed by atoms with van der Waals surface area (Å²) in [5.41, 5.74) is 6.11. The molecule has 0 bridgehead atoms. The minimum atomic E-state index is -0.297. The molecule has 4 aromatic rings. The van der Waals surface area contributed by atoms with Crippen molar-refractivity contribution < 1.29 is 18.2 Å². The summed E-state index contributed by atoms with van der Waals surface area (Å²) in [5, 5.41) is 9.16. The van der Waals surface area contributed by atoms with Gasteiger partial charge in [-0.2, -0.15) is 0 Å². The highest BCUT2D eigenvalue weighted by molar-refractivity contribution is 5.87. The van der Waals surface area contributed by atoms with Gasteiger partial charge in [0.1, 0.15) is 17.2 Å². The Morgan fingerprint density at radius 3 is 2.67 bits per heavy atom. The van der Waals surface area contributed by atoms with Gasteiger partial charge in [-0.05, 0) is 67.8 Å². The van der Waals surface area contributed by atoms with Crippen LogP contribution < -0.4 is 0 Å². The fourth-order valence-electron chi connectivity index (χ4n) is 3.90. The van der Waals surface area contributed by atoms with E-state index in [0.29, 0.717) is 36.5 Å². The number of hydrogen-bond acceptors (Lipinski definition) is 5. The third kappa shape index (κ3) is 3.16. The predicted octanol–water partition coefficient (Wildman–Crippen LogP) is 4.37. The second-order valence-corrected chi connectivity index (χ2v) is 7.75. The molecule has 2 aromatic heterocycles. The smallest absolute Gasteiger partial charge is 0.229 e. The normalized spacial score (nSPS) is 13.6. The molecule has 0 fully saturated rings. The number of nitrogens with zero attached hydrogens (tertiary/aromatic N) is 3. The van der Waals surface area contributed by atoms with Crippen molar-refractivity contribution in [2.24, 2.45) is 0 Å². The summed E-state index contributed by atoms with van der Waals surface area (Å²) in [4.78, 5) is 14.7. The first-order valence-corrected chi connectivity index (χ1v) is 9.86. The predicted molar refractivity (Wildman–Crippen MR) is 108 cm³/mol. The van der Waals surface area contributed by atoms with Crippen molar-refractivity contribution >= 4 is 16.9 Å². The van der Waals surface area contributed by atoms with Crippen LogP contribution >= 0.6 is 0 Å². The zero-order valence-corrected chi connectivity index (χ0v) is 16.7. The standard InChI is InChI=1S/C23H20FN3O3/c1-13-9-18-19(25-29-21(18)10-14(13)2)11-22(28)27-8-7-17-20(12-27)26-30-23(17)15-3-5-16(24)6-4-15/h3-6,9-10H,7-8,11-12H2,1-2H3. The molecule has 3 heterocycles. The van der Waals surface area contributed by atoms with Crippen LogP contribution in [-0.4, -0.2) is 27.7 Å². The van der Waals surface area contributed by atoms with Crippen LogP contribution in [0.1, 0.15) is 28.1 Å². The molecule has 0 aliphatic carbocycles. The fraction of sp³-hybridized carbons (Fsp3) is 0.261. The van der Waals surface area contributed by atoms with Gasteiger partial charge in [0.2, 0.25) is 5.91 Å². The molecule has 7 heteroatoms. The maximum Gasteiger partial charge on any atom is 0.229 e. The molecule has 152 valence electrons. The van der Waals surface area contributed by atoms with Crippen molar-refractivity contribution in [2.75, 3.05) is 6.54 Å². The van der Waals surface area contributed by atoms with E-state index in [4.69, 9.17) is 9.05 Å². The van der Waals surface area contributed by atoms with Gasteiger partial charge in [-0.1, -0.05) is 10.3 Å². The minimum Gasteiger partial charge on any atom is -0.356 e. The molecular formula is C23H20FN3O3. The van der Waals surface area contributed by atoms with Gasteiger partial charge in [0, 0.05) is 23.1 Å². The number of rotatable bonds is 3. The van der Waals surface area contributed by atoms with Crippen LogP contribution in [0.5, 0.6) is 0 Å². The van der Waals surface area contributed by atoms with Crippen molar-refractivity contribution in [2.45, 2.75) is 33.2 Å². The van der Waals surface area contributed by atoms with Crippen LogP contribution in [-0.2, 0) is 24.2 Å². The van der Waals surface area contributed by atoms with Crippen molar-refractivity contribution in [3.8, 4) is 11.3 Å². The van der Waals surface area contributed by atoms with E-state index in [9.17, 15) is 9.18 Å². The molecule has 0 spiro atoms. The molecule has 5 rings (SSSR count). The van der Waals surface area contributed by atoms with Gasteiger partial charge in [0.05, 0.1) is 13.0 Å². The van der Waals surface area contributed by atoms with Gasteiger partial charge >= 0.3 is 0 Å². The minimum absolute atomic E-state index is 0.0274. The number of aromatic nitrogens is 2. The summed E-state index contributed by atoms with van der Waals surface area (Å²) in [5.74, 6) is 0.320. The Balaban J connectivity index is 1.35. The van der Waals surface area contributed by atoms with Gasteiger partial charge in [0.25, 0.3) is 0 Å². The van der Waals surface area contributed by atoms with Crippen molar-refractivity contribution in [1.82, 2.24) is 15.2 Å². The molecule has 2 aromatic carbocycles. The van der Waals surface area contributed by atoms with E-state index in [0.717, 1.165) is 33.3 Å². The third-order valence-electron chi connectivity index (χ3n) is 5.78. The van der Waals surface area contributed by atoms with Crippen molar-refractivity contribution in [1.29, 1.82) is 0 Å². The second kappa shape index (κ2) is 7.09. The lowest BCUT2D eigenvalue weighted by Crippen LogP contribution is -2.37. The van der Waals surface area contributed by atoms with Gasteiger partial charge in [-0.15, -0.1) is 0 Å². The van der Waals surface area contributed by atoms with Gasteiger partial charge in [-0.3, -0.25) is 4.79 Å². The van der Waals surface area contributed by atoms with Crippen LogP contribution in [0.2, 0.25) is 0 Å². The average Bonchev–Trinajstić information content (AvgIpc) is 3.33. The van der Waals surface area contributed by atoms with Gasteiger partial charge in [-0.25, -0.2) is 4.39 Å². The highest BCUT2D eigenvalue weighted by Crippen LogP contribution is 2.31. The lowest BCUT2D eigenvalue weighted by atomic mass is 10.00. The zero-order chi connectivity index (χ0) is 20.8. The molecule has 30 heavy (non-hydrogen) atoms. The van der Waals surface area contributed by atoms with Gasteiger partial charge in [0.15, 0.2) is 11.3 Å². The number of benzene rings is 2. The van der Waals surface area contributed by atoms with Crippen LogP contribution in [0.3, 0.4) is 0 Å². The summed E-state index contributed by atoms with van der Waals surface area (Å²) in [6, 6.07) is 10.1. The largest absolute Gasteiger partial charge is 0.356 e. The first-order chi connectivity index (χ1) is 14.5. The summed E-state index contributed by atoms with van der Waals surface area (Å²) >= 11 is 0. The molecule has 1 aliphatic heterocycles. The molecule has 6 nitrogen and oxygen atoms in total. The SMILES string of the molecule is Cc1cc2onc(CC(=O)N3CCc4c(noc4-c4ccc(F)cc4)C3)c2cc1C. The molecule has 0 radical (unpaired) electrons. The first-order valence-electron chi connectivity index (χ1n) is 9.86. The van der Waals surface area contributed by atoms with Crippen LogP contribution in [0.25, 0.3) is 22.3 Å². The molecule has 0 atom stereocenters. The Kier molecular flexibility index (Phi) is 4.38. The number of carbonyl (C=O) groups is 1. The third-order valence-corrected chi connectivity index (χ3v) is 5.78. The molecule has 0 saturated carbocycles. The Labute approximate surface area is 172 Å². The Morgan fingerprint density at radius 2 is 1.87 bits per heavy atom. The van der Waals surface area contributed by atoms with E-state index < -0.39 is 0 Å². The number of fused-ring (bicyclic) bond motifs is 2. The Bertz CT molecular complexity index is 1260. The lowest BCUT2D eigenvalue weighted by Gasteiger charge is -2.25. The van der Waals surface area contributed by atoms with Crippen molar-refractivity contribution in [3.63, 3.8) is 0 Å². The zero-order valence-electron chi connectivity index (χ0n) is 16.7. The van der Waals surface area contributed by atoms with E-state index in [1.807, 2.05) is 26.0 Å². The summed E-state index contributed by atoms with van der Waals surface area (Å²) in [6.07, 6.45) is 0.808. The quantitative estimate of drug-likeness (QED) is 0.506. The number of aryl methyl sites for hydroxylation is 2. The summed E-state index contributed by atoms with van der Waals surface area (Å²) in [7, 11) is 0. The maximum atomic E-state index is 13.2. The molecule has 1 amide bonds. The van der Waals surface area contributed by atoms with Crippen LogP contribution in [0, 0.1) is 19.7 Å². The maximum absolute atomic E-state index is 13.2. The average molecular weight is 405 g/mol. The van der Waals surface area contributed by atoms with Crippen LogP contribution in [0.4, 0.5) is 4.39 Å². The lowest BCUT2D eigenvalue weighted by molar-refractivity contribution is -0.131. The Hall–Kier alpha value is -3.48. The van der Waals surface area contributed by atoms with Crippen molar-refractivity contribution in [3.05, 3.63) is 70.3 Å².